The monoisotopic (exact) mass is 868 g/mol. The van der Waals surface area contributed by atoms with E-state index in [9.17, 15) is 30.3 Å². The number of ether oxygens (including phenoxy) is 2. The fourth-order valence-corrected chi connectivity index (χ4v) is 8.62. The Labute approximate surface area is 376 Å². The Hall–Kier alpha value is -1.07. The van der Waals surface area contributed by atoms with Gasteiger partial charge in [-0.1, -0.05) is 238 Å². The van der Waals surface area contributed by atoms with Crippen molar-refractivity contribution in [2.75, 3.05) is 13.2 Å². The summed E-state index contributed by atoms with van der Waals surface area (Å²) >= 11 is 0. The number of aliphatic hydroxyl groups excluding tert-OH is 5. The van der Waals surface area contributed by atoms with Crippen LogP contribution < -0.4 is 5.32 Å². The number of carbonyl (C=O) groups excluding carboxylic acids is 1. The van der Waals surface area contributed by atoms with Crippen molar-refractivity contribution >= 4 is 5.91 Å². The van der Waals surface area contributed by atoms with E-state index in [1.54, 1.807) is 0 Å². The molecule has 9 heteroatoms. The van der Waals surface area contributed by atoms with E-state index in [2.05, 4.69) is 25.2 Å². The first-order chi connectivity index (χ1) is 29.8. The molecule has 0 spiro atoms. The molecule has 362 valence electrons. The van der Waals surface area contributed by atoms with Gasteiger partial charge < -0.3 is 40.3 Å². The van der Waals surface area contributed by atoms with E-state index < -0.39 is 49.5 Å². The highest BCUT2D eigenvalue weighted by atomic mass is 16.7. The maximum atomic E-state index is 13.0. The van der Waals surface area contributed by atoms with Gasteiger partial charge >= 0.3 is 0 Å². The van der Waals surface area contributed by atoms with Crippen LogP contribution in [0, 0.1) is 0 Å². The van der Waals surface area contributed by atoms with Crippen LogP contribution in [0.2, 0.25) is 0 Å². The summed E-state index contributed by atoms with van der Waals surface area (Å²) in [4.78, 5) is 13.0. The van der Waals surface area contributed by atoms with Crippen molar-refractivity contribution < 1.29 is 39.8 Å². The molecule has 0 saturated carbocycles. The van der Waals surface area contributed by atoms with Gasteiger partial charge in [-0.25, -0.2) is 0 Å². The number of amides is 1. The summed E-state index contributed by atoms with van der Waals surface area (Å²) in [6, 6.07) is -0.763. The van der Waals surface area contributed by atoms with Crippen molar-refractivity contribution in [3.8, 4) is 0 Å². The third kappa shape index (κ3) is 33.1. The zero-order valence-corrected chi connectivity index (χ0v) is 39.9. The SMILES string of the molecule is CCCCCCCCCCCCC=CC[C@@H](O)[C@H](CO[C@@H]1O[C@H](CO)[C@@H](O)C(O)C1O)NC(=O)CCCCCCCCCCCCCCCCCCCCCCCCCCC. The van der Waals surface area contributed by atoms with Crippen LogP contribution in [0.1, 0.15) is 258 Å². The molecule has 0 bridgehead atoms. The number of carbonyl (C=O) groups is 1. The Morgan fingerprint density at radius 1 is 0.541 bits per heavy atom. The maximum absolute atomic E-state index is 13.0. The van der Waals surface area contributed by atoms with Crippen LogP contribution in [-0.2, 0) is 14.3 Å². The predicted molar refractivity (Wildman–Crippen MR) is 254 cm³/mol. The number of hydrogen-bond donors (Lipinski definition) is 6. The van der Waals surface area contributed by atoms with E-state index in [1.807, 2.05) is 6.08 Å². The number of allylic oxidation sites excluding steroid dienone is 1. The molecule has 9 nitrogen and oxygen atoms in total. The standard InChI is InChI=1S/C52H101NO8/c1-3-5-7-9-11-13-15-17-18-19-20-21-22-23-24-25-26-27-28-30-32-34-36-38-40-42-48(56)53-45(44-60-52-51(59)50(58)49(57)47(43-54)61-52)46(55)41-39-37-35-33-31-29-16-14-12-10-8-6-4-2/h37,39,45-47,49-52,54-55,57-59H,3-36,38,40-44H2,1-2H3,(H,53,56)/t45-,46+,47+,49+,50?,51?,52+/m0/s1. The molecular formula is C52H101NO8. The summed E-state index contributed by atoms with van der Waals surface area (Å²) in [5.74, 6) is -0.162. The molecule has 1 heterocycles. The molecule has 6 N–H and O–H groups in total. The van der Waals surface area contributed by atoms with Gasteiger partial charge in [-0.05, 0) is 25.7 Å². The fourth-order valence-electron chi connectivity index (χ4n) is 8.62. The molecule has 1 aliphatic heterocycles. The highest BCUT2D eigenvalue weighted by Crippen LogP contribution is 2.23. The minimum atomic E-state index is -1.56. The Morgan fingerprint density at radius 3 is 1.31 bits per heavy atom. The summed E-state index contributed by atoms with van der Waals surface area (Å²) in [7, 11) is 0. The van der Waals surface area contributed by atoms with Gasteiger partial charge in [0.25, 0.3) is 0 Å². The zero-order chi connectivity index (χ0) is 44.4. The second kappa shape index (κ2) is 42.9. The lowest BCUT2D eigenvalue weighted by Gasteiger charge is -2.40. The number of rotatable bonds is 45. The highest BCUT2D eigenvalue weighted by Gasteiger charge is 2.44. The first kappa shape index (κ1) is 57.9. The summed E-state index contributed by atoms with van der Waals surface area (Å²) in [6.07, 6.45) is 44.0. The summed E-state index contributed by atoms with van der Waals surface area (Å²) in [5, 5.41) is 54.4. The minimum absolute atomic E-state index is 0.162. The molecule has 2 unspecified atom stereocenters. The van der Waals surface area contributed by atoms with Crippen molar-refractivity contribution in [1.29, 1.82) is 0 Å². The van der Waals surface area contributed by atoms with Gasteiger partial charge in [0, 0.05) is 6.42 Å². The van der Waals surface area contributed by atoms with Gasteiger partial charge in [0.2, 0.25) is 5.91 Å². The van der Waals surface area contributed by atoms with Gasteiger partial charge in [-0.3, -0.25) is 4.79 Å². The molecule has 0 aromatic heterocycles. The fraction of sp³-hybridized carbons (Fsp3) is 0.942. The molecule has 1 rings (SSSR count). The molecular weight excluding hydrogens is 767 g/mol. The van der Waals surface area contributed by atoms with E-state index in [0.717, 1.165) is 32.1 Å². The van der Waals surface area contributed by atoms with Gasteiger partial charge in [0.1, 0.15) is 24.4 Å². The molecule has 0 aromatic rings. The summed E-state index contributed by atoms with van der Waals surface area (Å²) in [5.41, 5.74) is 0. The van der Waals surface area contributed by atoms with Crippen LogP contribution in [0.25, 0.3) is 0 Å². The topological polar surface area (TPSA) is 149 Å². The molecule has 1 saturated heterocycles. The van der Waals surface area contributed by atoms with Gasteiger partial charge in [-0.15, -0.1) is 0 Å². The average molecular weight is 868 g/mol. The smallest absolute Gasteiger partial charge is 0.220 e. The van der Waals surface area contributed by atoms with Crippen molar-refractivity contribution in [2.45, 2.75) is 301 Å². The Bertz CT molecular complexity index is 966. The Morgan fingerprint density at radius 2 is 0.918 bits per heavy atom. The maximum Gasteiger partial charge on any atom is 0.220 e. The van der Waals surface area contributed by atoms with Crippen molar-refractivity contribution in [3.05, 3.63) is 12.2 Å². The van der Waals surface area contributed by atoms with Crippen LogP contribution in [0.4, 0.5) is 0 Å². The molecule has 0 aromatic carbocycles. The minimum Gasteiger partial charge on any atom is -0.394 e. The van der Waals surface area contributed by atoms with Crippen LogP contribution in [0.3, 0.4) is 0 Å². The van der Waals surface area contributed by atoms with Crippen LogP contribution in [0.5, 0.6) is 0 Å². The number of aliphatic hydroxyl groups is 5. The zero-order valence-electron chi connectivity index (χ0n) is 39.9. The molecule has 7 atom stereocenters. The predicted octanol–water partition coefficient (Wildman–Crippen LogP) is 12.1. The first-order valence-corrected chi connectivity index (χ1v) is 26.4. The van der Waals surface area contributed by atoms with Crippen molar-refractivity contribution in [3.63, 3.8) is 0 Å². The molecule has 0 aliphatic carbocycles. The second-order valence-electron chi connectivity index (χ2n) is 18.7. The van der Waals surface area contributed by atoms with Crippen LogP contribution >= 0.6 is 0 Å². The summed E-state index contributed by atoms with van der Waals surface area (Å²) in [6.45, 7) is 3.81. The van der Waals surface area contributed by atoms with Gasteiger partial charge in [0.15, 0.2) is 6.29 Å². The largest absolute Gasteiger partial charge is 0.394 e. The highest BCUT2D eigenvalue weighted by molar-refractivity contribution is 5.76. The number of unbranched alkanes of at least 4 members (excludes halogenated alkanes) is 34. The average Bonchev–Trinajstić information content (AvgIpc) is 3.26. The molecule has 1 fully saturated rings. The first-order valence-electron chi connectivity index (χ1n) is 26.4. The van der Waals surface area contributed by atoms with Crippen LogP contribution in [-0.4, -0.2) is 87.5 Å². The van der Waals surface area contributed by atoms with E-state index >= 15 is 0 Å². The lowest BCUT2D eigenvalue weighted by molar-refractivity contribution is -0.302. The molecule has 0 radical (unpaired) electrons. The van der Waals surface area contributed by atoms with Crippen molar-refractivity contribution in [2.24, 2.45) is 0 Å². The Kier molecular flexibility index (Phi) is 40.7. The molecule has 61 heavy (non-hydrogen) atoms. The summed E-state index contributed by atoms with van der Waals surface area (Å²) < 4.78 is 11.2. The van der Waals surface area contributed by atoms with E-state index in [1.165, 1.54) is 199 Å². The number of nitrogens with one attached hydrogen (secondary N) is 1. The normalized spacial score (nSPS) is 20.4. The van der Waals surface area contributed by atoms with E-state index in [-0.39, 0.29) is 12.5 Å². The third-order valence-electron chi connectivity index (χ3n) is 12.9. The Balaban J connectivity index is 2.20. The third-order valence-corrected chi connectivity index (χ3v) is 12.9. The quantitative estimate of drug-likeness (QED) is 0.0262. The second-order valence-corrected chi connectivity index (χ2v) is 18.7. The molecule has 1 aliphatic rings. The van der Waals surface area contributed by atoms with Crippen molar-refractivity contribution in [1.82, 2.24) is 5.32 Å². The lowest BCUT2D eigenvalue weighted by Crippen LogP contribution is -2.60. The lowest BCUT2D eigenvalue weighted by atomic mass is 9.99. The molecule has 1 amide bonds. The van der Waals surface area contributed by atoms with E-state index in [0.29, 0.717) is 12.8 Å². The number of hydrogen-bond acceptors (Lipinski definition) is 8. The van der Waals surface area contributed by atoms with Crippen LogP contribution in [0.15, 0.2) is 12.2 Å². The van der Waals surface area contributed by atoms with Gasteiger partial charge in [0.05, 0.1) is 25.4 Å². The van der Waals surface area contributed by atoms with Gasteiger partial charge in [-0.2, -0.15) is 0 Å². The van der Waals surface area contributed by atoms with E-state index in [4.69, 9.17) is 9.47 Å².